The molecule has 0 atom stereocenters. The number of nitrogens with one attached hydrogen (secondary N) is 2. The van der Waals surface area contributed by atoms with Crippen LogP contribution >= 0.6 is 11.6 Å². The lowest BCUT2D eigenvalue weighted by Crippen LogP contribution is -2.27. The average Bonchev–Trinajstić information content (AvgIpc) is 3.10. The first kappa shape index (κ1) is 22.6. The number of aromatic carboxylic acids is 1. The molecule has 8 nitrogen and oxygen atoms in total. The Labute approximate surface area is 180 Å². The first-order valence-electron chi connectivity index (χ1n) is 9.41. The minimum atomic E-state index is -4.66. The summed E-state index contributed by atoms with van der Waals surface area (Å²) in [5.41, 5.74) is -0.953. The molecule has 1 amide bonds. The highest BCUT2D eigenvalue weighted by Gasteiger charge is 2.35. The van der Waals surface area contributed by atoms with Crippen molar-refractivity contribution >= 4 is 40.9 Å². The molecule has 1 aromatic heterocycles. The van der Waals surface area contributed by atoms with E-state index < -0.39 is 23.5 Å². The maximum atomic E-state index is 13.3. The van der Waals surface area contributed by atoms with Crippen molar-refractivity contribution in [2.24, 2.45) is 0 Å². The molecule has 3 N–H and O–H groups in total. The molecule has 1 aromatic carbocycles. The van der Waals surface area contributed by atoms with Gasteiger partial charge in [0.1, 0.15) is 11.4 Å². The predicted octanol–water partition coefficient (Wildman–Crippen LogP) is 4.02. The van der Waals surface area contributed by atoms with Crippen LogP contribution in [-0.2, 0) is 11.0 Å². The number of rotatable bonds is 8. The molecule has 0 radical (unpaired) electrons. The van der Waals surface area contributed by atoms with Gasteiger partial charge in [-0.15, -0.1) is 0 Å². The second kappa shape index (κ2) is 9.38. The minimum absolute atomic E-state index is 0.0187. The Balaban J connectivity index is 1.73. The fourth-order valence-corrected chi connectivity index (χ4v) is 3.30. The summed E-state index contributed by atoms with van der Waals surface area (Å²) < 4.78 is 40.0. The SMILES string of the molecule is O=C(O)c1cc(Nc2ncc(C(F)(F)F)c(NCCCN3CCCC3=O)n2)ccc1Cl. The molecule has 1 aliphatic heterocycles. The topological polar surface area (TPSA) is 107 Å². The molecule has 1 aliphatic rings. The number of hydrogen-bond donors (Lipinski definition) is 3. The van der Waals surface area contributed by atoms with E-state index in [2.05, 4.69) is 20.6 Å². The van der Waals surface area contributed by atoms with E-state index in [4.69, 9.17) is 16.7 Å². The lowest BCUT2D eigenvalue weighted by Gasteiger charge is -2.17. The molecule has 1 saturated heterocycles. The number of halogens is 4. The van der Waals surface area contributed by atoms with Gasteiger partial charge >= 0.3 is 12.1 Å². The van der Waals surface area contributed by atoms with E-state index in [-0.39, 0.29) is 34.7 Å². The van der Waals surface area contributed by atoms with Crippen molar-refractivity contribution in [1.29, 1.82) is 0 Å². The Hall–Kier alpha value is -3.08. The van der Waals surface area contributed by atoms with Gasteiger partial charge in [0.25, 0.3) is 0 Å². The summed E-state index contributed by atoms with van der Waals surface area (Å²) in [6.45, 7) is 1.28. The molecule has 0 saturated carbocycles. The molecule has 0 unspecified atom stereocenters. The van der Waals surface area contributed by atoms with E-state index in [1.165, 1.54) is 18.2 Å². The number of anilines is 3. The maximum absolute atomic E-state index is 13.3. The lowest BCUT2D eigenvalue weighted by atomic mass is 10.2. The van der Waals surface area contributed by atoms with Crippen molar-refractivity contribution in [2.45, 2.75) is 25.4 Å². The number of amides is 1. The summed E-state index contributed by atoms with van der Waals surface area (Å²) >= 11 is 5.82. The van der Waals surface area contributed by atoms with Crippen molar-refractivity contribution in [3.8, 4) is 0 Å². The summed E-state index contributed by atoms with van der Waals surface area (Å²) in [4.78, 5) is 32.1. The highest BCUT2D eigenvalue weighted by Crippen LogP contribution is 2.34. The van der Waals surface area contributed by atoms with E-state index in [0.29, 0.717) is 32.1 Å². The third-order valence-corrected chi connectivity index (χ3v) is 4.95. The van der Waals surface area contributed by atoms with Crippen LogP contribution in [0.4, 0.5) is 30.6 Å². The zero-order valence-corrected chi connectivity index (χ0v) is 16.9. The van der Waals surface area contributed by atoms with Gasteiger partial charge in [-0.1, -0.05) is 11.6 Å². The summed E-state index contributed by atoms with van der Waals surface area (Å²) in [6.07, 6.45) is -2.27. The quantitative estimate of drug-likeness (QED) is 0.514. The van der Waals surface area contributed by atoms with Crippen LogP contribution in [0.15, 0.2) is 24.4 Å². The second-order valence-corrected chi connectivity index (χ2v) is 7.25. The van der Waals surface area contributed by atoms with Crippen molar-refractivity contribution in [1.82, 2.24) is 14.9 Å². The fourth-order valence-electron chi connectivity index (χ4n) is 3.10. The maximum Gasteiger partial charge on any atom is 0.421 e. The third kappa shape index (κ3) is 5.75. The number of nitrogens with zero attached hydrogens (tertiary/aromatic N) is 3. The molecule has 1 fully saturated rings. The van der Waals surface area contributed by atoms with Gasteiger partial charge in [-0.2, -0.15) is 18.2 Å². The Kier molecular flexibility index (Phi) is 6.84. The Morgan fingerprint density at radius 3 is 2.74 bits per heavy atom. The van der Waals surface area contributed by atoms with E-state index >= 15 is 0 Å². The summed E-state index contributed by atoms with van der Waals surface area (Å²) in [5, 5.41) is 14.5. The van der Waals surface area contributed by atoms with Crippen molar-refractivity contribution in [3.05, 3.63) is 40.5 Å². The summed E-state index contributed by atoms with van der Waals surface area (Å²) in [6, 6.07) is 4.03. The molecule has 0 spiro atoms. The number of carbonyl (C=O) groups is 2. The van der Waals surface area contributed by atoms with Gasteiger partial charge in [0.15, 0.2) is 0 Å². The van der Waals surface area contributed by atoms with Gasteiger partial charge < -0.3 is 20.6 Å². The van der Waals surface area contributed by atoms with E-state index in [1.807, 2.05) is 0 Å². The average molecular weight is 458 g/mol. The molecule has 2 aromatic rings. The number of benzene rings is 1. The number of alkyl halides is 3. The van der Waals surface area contributed by atoms with Crippen LogP contribution < -0.4 is 10.6 Å². The first-order chi connectivity index (χ1) is 14.6. The summed E-state index contributed by atoms with van der Waals surface area (Å²) in [5.74, 6) is -1.76. The zero-order valence-electron chi connectivity index (χ0n) is 16.2. The normalized spacial score (nSPS) is 14.1. The molecule has 3 rings (SSSR count). The smallest absolute Gasteiger partial charge is 0.421 e. The molecule has 12 heteroatoms. The van der Waals surface area contributed by atoms with Gasteiger partial charge in [0, 0.05) is 37.9 Å². The summed E-state index contributed by atoms with van der Waals surface area (Å²) in [7, 11) is 0. The fraction of sp³-hybridized carbons (Fsp3) is 0.368. The molecular formula is C19H19ClF3N5O3. The number of carboxylic acids is 1. The molecular weight excluding hydrogens is 439 g/mol. The monoisotopic (exact) mass is 457 g/mol. The standard InChI is InChI=1S/C19H19ClF3N5O3/c20-14-5-4-11(9-12(14)17(30)31)26-18-25-10-13(19(21,22)23)16(27-18)24-6-2-8-28-7-1-3-15(28)29/h4-5,9-10H,1-3,6-8H2,(H,30,31)(H2,24,25,26,27). The molecule has 0 bridgehead atoms. The predicted molar refractivity (Wildman–Crippen MR) is 108 cm³/mol. The Morgan fingerprint density at radius 2 is 2.10 bits per heavy atom. The van der Waals surface area contributed by atoms with E-state index in [0.717, 1.165) is 6.42 Å². The minimum Gasteiger partial charge on any atom is -0.478 e. The van der Waals surface area contributed by atoms with Crippen molar-refractivity contribution in [2.75, 3.05) is 30.3 Å². The molecule has 31 heavy (non-hydrogen) atoms. The number of carbonyl (C=O) groups excluding carboxylic acids is 1. The highest BCUT2D eigenvalue weighted by atomic mass is 35.5. The third-order valence-electron chi connectivity index (χ3n) is 4.62. The number of hydrogen-bond acceptors (Lipinski definition) is 6. The number of aromatic nitrogens is 2. The Bertz CT molecular complexity index is 987. The van der Waals surface area contributed by atoms with Gasteiger partial charge in [0.2, 0.25) is 11.9 Å². The van der Waals surface area contributed by atoms with Gasteiger partial charge in [-0.3, -0.25) is 4.79 Å². The van der Waals surface area contributed by atoms with Crippen molar-refractivity contribution < 1.29 is 27.9 Å². The highest BCUT2D eigenvalue weighted by molar-refractivity contribution is 6.33. The number of likely N-dealkylation sites (tertiary alicyclic amines) is 1. The van der Waals surface area contributed by atoms with Crippen LogP contribution in [0.25, 0.3) is 0 Å². The first-order valence-corrected chi connectivity index (χ1v) is 9.78. The lowest BCUT2D eigenvalue weighted by molar-refractivity contribution is -0.137. The van der Waals surface area contributed by atoms with Crippen LogP contribution in [0.5, 0.6) is 0 Å². The van der Waals surface area contributed by atoms with Crippen LogP contribution in [0.1, 0.15) is 35.2 Å². The second-order valence-electron chi connectivity index (χ2n) is 6.84. The van der Waals surface area contributed by atoms with Crippen LogP contribution in [-0.4, -0.2) is 51.5 Å². The van der Waals surface area contributed by atoms with Crippen LogP contribution in [0.3, 0.4) is 0 Å². The largest absolute Gasteiger partial charge is 0.478 e. The zero-order chi connectivity index (χ0) is 22.6. The van der Waals surface area contributed by atoms with Crippen molar-refractivity contribution in [3.63, 3.8) is 0 Å². The van der Waals surface area contributed by atoms with Gasteiger partial charge in [0.05, 0.1) is 10.6 Å². The molecule has 0 aliphatic carbocycles. The molecule has 166 valence electrons. The van der Waals surface area contributed by atoms with E-state index in [9.17, 15) is 22.8 Å². The van der Waals surface area contributed by atoms with Gasteiger partial charge in [-0.05, 0) is 31.0 Å². The number of carboxylic acid groups (broad SMARTS) is 1. The molecule has 2 heterocycles. The van der Waals surface area contributed by atoms with E-state index in [1.54, 1.807) is 4.90 Å². The van der Waals surface area contributed by atoms with Crippen LogP contribution in [0.2, 0.25) is 5.02 Å². The Morgan fingerprint density at radius 1 is 1.32 bits per heavy atom. The van der Waals surface area contributed by atoms with Crippen LogP contribution in [0, 0.1) is 0 Å². The van der Waals surface area contributed by atoms with Gasteiger partial charge in [-0.25, -0.2) is 9.78 Å².